The predicted octanol–water partition coefficient (Wildman–Crippen LogP) is 2.09. The van der Waals surface area contributed by atoms with Gasteiger partial charge in [-0.05, 0) is 25.2 Å². The fourth-order valence-corrected chi connectivity index (χ4v) is 1.82. The predicted molar refractivity (Wildman–Crippen MR) is 64.2 cm³/mol. The van der Waals surface area contributed by atoms with E-state index in [2.05, 4.69) is 28.2 Å². The van der Waals surface area contributed by atoms with Crippen LogP contribution in [0.5, 0.6) is 0 Å². The average molecular weight is 278 g/mol. The fraction of sp³-hybridized carbons (Fsp3) is 0.909. The van der Waals surface area contributed by atoms with E-state index in [4.69, 9.17) is 4.74 Å². The molecule has 0 aromatic rings. The molecule has 0 saturated carbocycles. The Morgan fingerprint density at radius 2 is 2.47 bits per heavy atom. The van der Waals surface area contributed by atoms with Gasteiger partial charge in [-0.25, -0.2) is 0 Å². The first-order valence-electron chi connectivity index (χ1n) is 5.66. The van der Waals surface area contributed by atoms with Crippen molar-refractivity contribution in [2.24, 2.45) is 5.92 Å². The third-order valence-corrected chi connectivity index (χ3v) is 3.73. The van der Waals surface area contributed by atoms with E-state index in [1.165, 1.54) is 0 Å². The lowest BCUT2D eigenvalue weighted by Gasteiger charge is -2.11. The summed E-state index contributed by atoms with van der Waals surface area (Å²) in [6.07, 6.45) is 4.05. The molecule has 0 aromatic heterocycles. The minimum absolute atomic E-state index is 0.151. The molecular weight excluding hydrogens is 258 g/mol. The lowest BCUT2D eigenvalue weighted by atomic mass is 10.1. The van der Waals surface area contributed by atoms with Gasteiger partial charge in [-0.3, -0.25) is 4.79 Å². The van der Waals surface area contributed by atoms with Crippen molar-refractivity contribution in [3.05, 3.63) is 0 Å². The van der Waals surface area contributed by atoms with E-state index in [1.54, 1.807) is 0 Å². The molecule has 0 aromatic carbocycles. The molecule has 1 N–H and O–H groups in total. The number of carbonyl (C=O) groups is 1. The van der Waals surface area contributed by atoms with E-state index in [0.29, 0.717) is 18.4 Å². The molecule has 3 nitrogen and oxygen atoms in total. The standard InChI is InChI=1S/C11H20BrNO2/c1-9(7-12)8-13-11(14)5-4-10-3-2-6-15-10/h9-10H,2-8H2,1H3,(H,13,14). The number of hydrogen-bond donors (Lipinski definition) is 1. The van der Waals surface area contributed by atoms with E-state index in [1.807, 2.05) is 0 Å². The lowest BCUT2D eigenvalue weighted by Crippen LogP contribution is -2.29. The van der Waals surface area contributed by atoms with Gasteiger partial charge < -0.3 is 10.1 Å². The third kappa shape index (κ3) is 5.52. The summed E-state index contributed by atoms with van der Waals surface area (Å²) >= 11 is 3.39. The van der Waals surface area contributed by atoms with E-state index >= 15 is 0 Å². The molecule has 1 rings (SSSR count). The van der Waals surface area contributed by atoms with Crippen molar-refractivity contribution < 1.29 is 9.53 Å². The average Bonchev–Trinajstić information content (AvgIpc) is 2.75. The van der Waals surface area contributed by atoms with Gasteiger partial charge in [0, 0.05) is 24.9 Å². The van der Waals surface area contributed by atoms with Gasteiger partial charge in [0.1, 0.15) is 0 Å². The molecule has 0 radical (unpaired) electrons. The van der Waals surface area contributed by atoms with Crippen molar-refractivity contribution >= 4 is 21.8 Å². The van der Waals surface area contributed by atoms with Crippen molar-refractivity contribution in [1.82, 2.24) is 5.32 Å². The monoisotopic (exact) mass is 277 g/mol. The molecule has 1 saturated heterocycles. The van der Waals surface area contributed by atoms with Crippen LogP contribution in [0.1, 0.15) is 32.6 Å². The number of ether oxygens (including phenoxy) is 1. The maximum atomic E-state index is 11.4. The third-order valence-electron chi connectivity index (χ3n) is 2.63. The van der Waals surface area contributed by atoms with Crippen molar-refractivity contribution in [3.8, 4) is 0 Å². The molecule has 0 aliphatic carbocycles. The van der Waals surface area contributed by atoms with Gasteiger partial charge in [-0.1, -0.05) is 22.9 Å². The Balaban J connectivity index is 2.02. The number of nitrogens with one attached hydrogen (secondary N) is 1. The highest BCUT2D eigenvalue weighted by atomic mass is 79.9. The van der Waals surface area contributed by atoms with Crippen LogP contribution in [0.2, 0.25) is 0 Å². The van der Waals surface area contributed by atoms with Gasteiger partial charge in [-0.2, -0.15) is 0 Å². The lowest BCUT2D eigenvalue weighted by molar-refractivity contribution is -0.121. The molecule has 88 valence electrons. The minimum atomic E-state index is 0.151. The van der Waals surface area contributed by atoms with Gasteiger partial charge in [0.05, 0.1) is 6.10 Å². The van der Waals surface area contributed by atoms with E-state index < -0.39 is 0 Å². The molecule has 2 atom stereocenters. The van der Waals surface area contributed by atoms with Crippen LogP contribution in [0.3, 0.4) is 0 Å². The largest absolute Gasteiger partial charge is 0.378 e. The highest BCUT2D eigenvalue weighted by Crippen LogP contribution is 2.16. The number of rotatable bonds is 6. The quantitative estimate of drug-likeness (QED) is 0.756. The molecule has 1 amide bonds. The summed E-state index contributed by atoms with van der Waals surface area (Å²) in [6.45, 7) is 3.73. The number of halogens is 1. The molecule has 15 heavy (non-hydrogen) atoms. The normalized spacial score (nSPS) is 22.7. The summed E-state index contributed by atoms with van der Waals surface area (Å²) in [5.74, 6) is 0.648. The number of hydrogen-bond acceptors (Lipinski definition) is 2. The van der Waals surface area contributed by atoms with Gasteiger partial charge in [0.2, 0.25) is 5.91 Å². The number of carbonyl (C=O) groups excluding carboxylic acids is 1. The van der Waals surface area contributed by atoms with Gasteiger partial charge in [-0.15, -0.1) is 0 Å². The van der Waals surface area contributed by atoms with Crippen LogP contribution in [0.25, 0.3) is 0 Å². The summed E-state index contributed by atoms with van der Waals surface area (Å²) in [4.78, 5) is 11.4. The molecule has 0 bridgehead atoms. The minimum Gasteiger partial charge on any atom is -0.378 e. The number of alkyl halides is 1. The van der Waals surface area contributed by atoms with Crippen LogP contribution in [0.15, 0.2) is 0 Å². The van der Waals surface area contributed by atoms with E-state index in [9.17, 15) is 4.79 Å². The zero-order chi connectivity index (χ0) is 11.1. The first kappa shape index (κ1) is 13.0. The molecule has 4 heteroatoms. The first-order valence-corrected chi connectivity index (χ1v) is 6.78. The number of amides is 1. The SMILES string of the molecule is CC(CBr)CNC(=O)CCC1CCCO1. The second kappa shape index (κ2) is 7.23. The summed E-state index contributed by atoms with van der Waals surface area (Å²) in [5.41, 5.74) is 0. The second-order valence-electron chi connectivity index (χ2n) is 4.24. The summed E-state index contributed by atoms with van der Waals surface area (Å²) in [5, 5.41) is 3.86. The fourth-order valence-electron chi connectivity index (χ4n) is 1.60. The maximum absolute atomic E-state index is 11.4. The van der Waals surface area contributed by atoms with Crippen LogP contribution in [-0.2, 0) is 9.53 Å². The summed E-state index contributed by atoms with van der Waals surface area (Å²) < 4.78 is 5.46. The van der Waals surface area contributed by atoms with Crippen LogP contribution in [-0.4, -0.2) is 30.5 Å². The van der Waals surface area contributed by atoms with Crippen LogP contribution >= 0.6 is 15.9 Å². The highest BCUT2D eigenvalue weighted by Gasteiger charge is 2.16. The zero-order valence-corrected chi connectivity index (χ0v) is 10.9. The topological polar surface area (TPSA) is 38.3 Å². The van der Waals surface area contributed by atoms with Gasteiger partial charge in [0.25, 0.3) is 0 Å². The first-order chi connectivity index (χ1) is 7.22. The van der Waals surface area contributed by atoms with Crippen LogP contribution in [0, 0.1) is 5.92 Å². The molecular formula is C11H20BrNO2. The Morgan fingerprint density at radius 3 is 3.07 bits per heavy atom. The van der Waals surface area contributed by atoms with E-state index in [-0.39, 0.29) is 5.91 Å². The van der Waals surface area contributed by atoms with Crippen molar-refractivity contribution in [2.75, 3.05) is 18.5 Å². The molecule has 0 spiro atoms. The second-order valence-corrected chi connectivity index (χ2v) is 4.88. The Bertz CT molecular complexity index is 193. The summed E-state index contributed by atoms with van der Waals surface area (Å²) in [6, 6.07) is 0. The van der Waals surface area contributed by atoms with Crippen molar-refractivity contribution in [1.29, 1.82) is 0 Å². The molecule has 1 aliphatic rings. The zero-order valence-electron chi connectivity index (χ0n) is 9.30. The Hall–Kier alpha value is -0.0900. The van der Waals surface area contributed by atoms with Gasteiger partial charge in [0.15, 0.2) is 0 Å². The van der Waals surface area contributed by atoms with E-state index in [0.717, 1.165) is 37.7 Å². The highest BCUT2D eigenvalue weighted by molar-refractivity contribution is 9.09. The Kier molecular flexibility index (Phi) is 6.25. The molecule has 1 fully saturated rings. The molecule has 1 heterocycles. The summed E-state index contributed by atoms with van der Waals surface area (Å²) in [7, 11) is 0. The maximum Gasteiger partial charge on any atom is 0.220 e. The van der Waals surface area contributed by atoms with Crippen LogP contribution < -0.4 is 5.32 Å². The molecule has 2 unspecified atom stereocenters. The Morgan fingerprint density at radius 1 is 1.67 bits per heavy atom. The van der Waals surface area contributed by atoms with Crippen molar-refractivity contribution in [3.63, 3.8) is 0 Å². The van der Waals surface area contributed by atoms with Crippen LogP contribution in [0.4, 0.5) is 0 Å². The molecule has 1 aliphatic heterocycles. The van der Waals surface area contributed by atoms with Gasteiger partial charge >= 0.3 is 0 Å². The van der Waals surface area contributed by atoms with Crippen molar-refractivity contribution in [2.45, 2.75) is 38.7 Å². The Labute approximate surface area is 100 Å². The smallest absolute Gasteiger partial charge is 0.220 e.